The van der Waals surface area contributed by atoms with Crippen LogP contribution < -0.4 is 5.32 Å². The van der Waals surface area contributed by atoms with Crippen molar-refractivity contribution in [3.8, 4) is 0 Å². The zero-order valence-corrected chi connectivity index (χ0v) is 12.2. The molecule has 0 aliphatic heterocycles. The Labute approximate surface area is 121 Å². The number of pyridine rings is 1. The zero-order valence-electron chi connectivity index (χ0n) is 10.6. The molecule has 0 aliphatic rings. The maximum absolute atomic E-state index is 11.8. The molecule has 0 unspecified atom stereocenters. The third-order valence-electron chi connectivity index (χ3n) is 2.76. The van der Waals surface area contributed by atoms with Crippen LogP contribution in [0.15, 0.2) is 36.7 Å². The lowest BCUT2D eigenvalue weighted by atomic mass is 10.1. The van der Waals surface area contributed by atoms with Crippen molar-refractivity contribution in [2.75, 3.05) is 0 Å². The van der Waals surface area contributed by atoms with Crippen LogP contribution in [-0.4, -0.2) is 10.9 Å². The molecule has 0 saturated heterocycles. The van der Waals surface area contributed by atoms with Gasteiger partial charge in [-0.15, -0.1) is 11.3 Å². The number of nitrogens with one attached hydrogen (secondary N) is 1. The van der Waals surface area contributed by atoms with Crippen molar-refractivity contribution >= 4 is 28.8 Å². The Morgan fingerprint density at radius 2 is 2.32 bits per heavy atom. The van der Waals surface area contributed by atoms with Crippen molar-refractivity contribution in [2.45, 2.75) is 25.8 Å². The van der Waals surface area contributed by atoms with Crippen LogP contribution in [0, 0.1) is 0 Å². The summed E-state index contributed by atoms with van der Waals surface area (Å²) in [5.74, 6) is 0.0425. The van der Waals surface area contributed by atoms with Crippen molar-refractivity contribution < 1.29 is 4.79 Å². The summed E-state index contributed by atoms with van der Waals surface area (Å²) >= 11 is 7.37. The topological polar surface area (TPSA) is 42.0 Å². The van der Waals surface area contributed by atoms with Gasteiger partial charge in [-0.1, -0.05) is 17.7 Å². The van der Waals surface area contributed by atoms with Crippen molar-refractivity contribution in [1.29, 1.82) is 0 Å². The van der Waals surface area contributed by atoms with Gasteiger partial charge < -0.3 is 5.32 Å². The quantitative estimate of drug-likeness (QED) is 0.915. The van der Waals surface area contributed by atoms with Crippen LogP contribution in [0.2, 0.25) is 4.34 Å². The summed E-state index contributed by atoms with van der Waals surface area (Å²) in [6.45, 7) is 1.96. The van der Waals surface area contributed by atoms with Gasteiger partial charge in [-0.25, -0.2) is 0 Å². The molecule has 5 heteroatoms. The fourth-order valence-corrected chi connectivity index (χ4v) is 2.81. The molecule has 0 aromatic carbocycles. The third kappa shape index (κ3) is 4.33. The van der Waals surface area contributed by atoms with Crippen LogP contribution in [0.5, 0.6) is 0 Å². The van der Waals surface area contributed by atoms with Gasteiger partial charge >= 0.3 is 0 Å². The van der Waals surface area contributed by atoms with Crippen LogP contribution in [0.3, 0.4) is 0 Å². The highest BCUT2D eigenvalue weighted by atomic mass is 35.5. The number of nitrogens with zero attached hydrogens (tertiary/aromatic N) is 1. The Balaban J connectivity index is 1.81. The fraction of sp³-hybridized carbons (Fsp3) is 0.286. The Bertz CT molecular complexity index is 541. The molecule has 0 saturated carbocycles. The van der Waals surface area contributed by atoms with Gasteiger partial charge in [-0.2, -0.15) is 0 Å². The smallest absolute Gasteiger partial charge is 0.220 e. The molecule has 0 fully saturated rings. The van der Waals surface area contributed by atoms with Gasteiger partial charge in [-0.3, -0.25) is 9.78 Å². The minimum Gasteiger partial charge on any atom is -0.349 e. The number of carbonyl (C=O) groups excluding carboxylic acids is 1. The molecule has 2 heterocycles. The number of thiophene rings is 1. The maximum Gasteiger partial charge on any atom is 0.220 e. The van der Waals surface area contributed by atoms with Crippen LogP contribution >= 0.6 is 22.9 Å². The molecule has 3 nitrogen and oxygen atoms in total. The number of hydrogen-bond acceptors (Lipinski definition) is 3. The first-order valence-electron chi connectivity index (χ1n) is 6.08. The minimum absolute atomic E-state index is 0.00102. The molecule has 2 aromatic heterocycles. The molecule has 2 rings (SSSR count). The average Bonchev–Trinajstić information content (AvgIpc) is 2.84. The highest BCUT2D eigenvalue weighted by Gasteiger charge is 2.11. The molecule has 0 bridgehead atoms. The highest BCUT2D eigenvalue weighted by Crippen LogP contribution is 2.26. The Kier molecular flexibility index (Phi) is 4.93. The van der Waals surface area contributed by atoms with E-state index in [4.69, 9.17) is 11.6 Å². The summed E-state index contributed by atoms with van der Waals surface area (Å²) in [5, 5.41) is 2.97. The summed E-state index contributed by atoms with van der Waals surface area (Å²) in [6, 6.07) is 7.64. The van der Waals surface area contributed by atoms with Crippen LogP contribution in [0.25, 0.3) is 0 Å². The molecule has 1 atom stereocenters. The van der Waals surface area contributed by atoms with Gasteiger partial charge in [0.25, 0.3) is 0 Å². The van der Waals surface area contributed by atoms with Gasteiger partial charge in [0.2, 0.25) is 5.91 Å². The van der Waals surface area contributed by atoms with Crippen molar-refractivity contribution in [2.24, 2.45) is 0 Å². The molecular weight excluding hydrogens is 280 g/mol. The molecule has 1 N–H and O–H groups in total. The van der Waals surface area contributed by atoms with Crippen LogP contribution in [0.1, 0.15) is 29.8 Å². The summed E-state index contributed by atoms with van der Waals surface area (Å²) in [5.41, 5.74) is 1.07. The minimum atomic E-state index is -0.00102. The lowest BCUT2D eigenvalue weighted by Gasteiger charge is -2.12. The Morgan fingerprint density at radius 1 is 1.47 bits per heavy atom. The van der Waals surface area contributed by atoms with E-state index in [1.54, 1.807) is 12.4 Å². The van der Waals surface area contributed by atoms with E-state index >= 15 is 0 Å². The fourth-order valence-electron chi connectivity index (χ4n) is 1.75. The predicted octanol–water partition coefficient (Wildman–Crippen LogP) is 3.61. The van der Waals surface area contributed by atoms with E-state index < -0.39 is 0 Å². The van der Waals surface area contributed by atoms with Crippen LogP contribution in [-0.2, 0) is 11.2 Å². The predicted molar refractivity (Wildman–Crippen MR) is 78.4 cm³/mol. The van der Waals surface area contributed by atoms with Gasteiger partial charge in [0.1, 0.15) is 0 Å². The van der Waals surface area contributed by atoms with Crippen molar-refractivity contribution in [3.05, 3.63) is 51.4 Å². The van der Waals surface area contributed by atoms with E-state index in [1.807, 2.05) is 31.2 Å². The lowest BCUT2D eigenvalue weighted by Crippen LogP contribution is -2.26. The van der Waals surface area contributed by atoms with E-state index in [0.717, 1.165) is 14.8 Å². The average molecular weight is 295 g/mol. The monoisotopic (exact) mass is 294 g/mol. The number of amides is 1. The standard InChI is InChI=1S/C14H15ClN2OS/c1-10(12-5-6-13(15)19-12)17-14(18)7-4-11-3-2-8-16-9-11/h2-3,5-6,8-10H,4,7H2,1H3,(H,17,18)/t10-/m1/s1. The number of aromatic nitrogens is 1. The van der Waals surface area contributed by atoms with E-state index in [0.29, 0.717) is 12.8 Å². The maximum atomic E-state index is 11.8. The summed E-state index contributed by atoms with van der Waals surface area (Å²) in [4.78, 5) is 16.9. The molecule has 19 heavy (non-hydrogen) atoms. The van der Waals surface area contributed by atoms with E-state index in [9.17, 15) is 4.79 Å². The second kappa shape index (κ2) is 6.68. The summed E-state index contributed by atoms with van der Waals surface area (Å²) in [6.07, 6.45) is 4.69. The molecular formula is C14H15ClN2OS. The molecule has 0 radical (unpaired) electrons. The Morgan fingerprint density at radius 3 is 2.95 bits per heavy atom. The molecule has 2 aromatic rings. The number of halogens is 1. The van der Waals surface area contributed by atoms with Gasteiger partial charge in [0, 0.05) is 23.7 Å². The first-order chi connectivity index (χ1) is 9.15. The SMILES string of the molecule is C[C@@H](NC(=O)CCc1cccnc1)c1ccc(Cl)s1. The summed E-state index contributed by atoms with van der Waals surface area (Å²) < 4.78 is 0.742. The normalized spacial score (nSPS) is 12.1. The van der Waals surface area contributed by atoms with E-state index in [1.165, 1.54) is 11.3 Å². The Hall–Kier alpha value is -1.39. The number of rotatable bonds is 5. The van der Waals surface area contributed by atoms with Gasteiger partial charge in [0.15, 0.2) is 0 Å². The highest BCUT2D eigenvalue weighted by molar-refractivity contribution is 7.16. The largest absolute Gasteiger partial charge is 0.349 e. The molecule has 0 aliphatic carbocycles. The van der Waals surface area contributed by atoms with E-state index in [2.05, 4.69) is 10.3 Å². The third-order valence-corrected chi connectivity index (χ3v) is 4.18. The second-order valence-electron chi connectivity index (χ2n) is 4.29. The second-order valence-corrected chi connectivity index (χ2v) is 6.04. The first-order valence-corrected chi connectivity index (χ1v) is 7.28. The summed E-state index contributed by atoms with van der Waals surface area (Å²) in [7, 11) is 0. The molecule has 100 valence electrons. The number of hydrogen-bond donors (Lipinski definition) is 1. The van der Waals surface area contributed by atoms with Gasteiger partial charge in [-0.05, 0) is 37.1 Å². The first kappa shape index (κ1) is 14.0. The van der Waals surface area contributed by atoms with E-state index in [-0.39, 0.29) is 11.9 Å². The van der Waals surface area contributed by atoms with Gasteiger partial charge in [0.05, 0.1) is 10.4 Å². The molecule has 0 spiro atoms. The number of aryl methyl sites for hydroxylation is 1. The molecule has 1 amide bonds. The van der Waals surface area contributed by atoms with Crippen molar-refractivity contribution in [1.82, 2.24) is 10.3 Å². The van der Waals surface area contributed by atoms with Crippen LogP contribution in [0.4, 0.5) is 0 Å². The zero-order chi connectivity index (χ0) is 13.7. The number of carbonyl (C=O) groups is 1. The lowest BCUT2D eigenvalue weighted by molar-refractivity contribution is -0.121. The van der Waals surface area contributed by atoms with Crippen molar-refractivity contribution in [3.63, 3.8) is 0 Å².